The molecule has 4 heteroatoms. The van der Waals surface area contributed by atoms with E-state index >= 15 is 0 Å². The molecule has 0 saturated carbocycles. The van der Waals surface area contributed by atoms with Crippen molar-refractivity contribution >= 4 is 11.8 Å². The van der Waals surface area contributed by atoms with E-state index in [9.17, 15) is 9.59 Å². The van der Waals surface area contributed by atoms with Gasteiger partial charge in [0.1, 0.15) is 0 Å². The van der Waals surface area contributed by atoms with Gasteiger partial charge in [-0.1, -0.05) is 61.5 Å². The molecule has 2 aromatic carbocycles. The Kier molecular flexibility index (Phi) is 5.70. The van der Waals surface area contributed by atoms with Crippen molar-refractivity contribution < 1.29 is 9.59 Å². The van der Waals surface area contributed by atoms with E-state index < -0.39 is 5.41 Å². The lowest BCUT2D eigenvalue weighted by Gasteiger charge is -2.32. The monoisotopic (exact) mass is 390 g/mol. The predicted octanol–water partition coefficient (Wildman–Crippen LogP) is 4.15. The number of carbonyl (C=O) groups is 2. The number of hydrogen-bond acceptors (Lipinski definition) is 2. The minimum Gasteiger partial charge on any atom is -0.342 e. The Morgan fingerprint density at radius 1 is 0.862 bits per heavy atom. The maximum Gasteiger partial charge on any atom is 0.230 e. The Morgan fingerprint density at radius 2 is 1.52 bits per heavy atom. The second-order valence-electron chi connectivity index (χ2n) is 8.44. The van der Waals surface area contributed by atoms with E-state index in [1.165, 1.54) is 16.7 Å². The standard InChI is InChI=1S/C25H30N2O2/c1-2-23(28)27-17-14-25(19-27,24(29)26-15-6-7-16-26)18-20-10-12-22(13-11-20)21-8-4-3-5-9-21/h3-5,8-13H,2,6-7,14-19H2,1H3/t25-/m1/s1. The molecule has 0 aromatic heterocycles. The van der Waals surface area contributed by atoms with Gasteiger partial charge in [0.25, 0.3) is 0 Å². The molecule has 152 valence electrons. The van der Waals surface area contributed by atoms with Gasteiger partial charge in [0, 0.05) is 32.6 Å². The van der Waals surface area contributed by atoms with Gasteiger partial charge in [0.2, 0.25) is 11.8 Å². The number of likely N-dealkylation sites (tertiary alicyclic amines) is 2. The Hall–Kier alpha value is -2.62. The Bertz CT molecular complexity index is 856. The van der Waals surface area contributed by atoms with Crippen LogP contribution in [0.1, 0.15) is 38.2 Å². The first kappa shape index (κ1) is 19.7. The van der Waals surface area contributed by atoms with Gasteiger partial charge in [0.15, 0.2) is 0 Å². The smallest absolute Gasteiger partial charge is 0.230 e. The molecule has 2 aliphatic rings. The molecule has 0 unspecified atom stereocenters. The number of rotatable bonds is 5. The number of benzene rings is 2. The van der Waals surface area contributed by atoms with Crippen LogP contribution >= 0.6 is 0 Å². The zero-order valence-electron chi connectivity index (χ0n) is 17.3. The van der Waals surface area contributed by atoms with Gasteiger partial charge in [0.05, 0.1) is 5.41 Å². The van der Waals surface area contributed by atoms with Crippen LogP contribution in [0.3, 0.4) is 0 Å². The summed E-state index contributed by atoms with van der Waals surface area (Å²) in [7, 11) is 0. The zero-order valence-corrected chi connectivity index (χ0v) is 17.3. The lowest BCUT2D eigenvalue weighted by molar-refractivity contribution is -0.141. The van der Waals surface area contributed by atoms with Crippen molar-refractivity contribution in [1.82, 2.24) is 9.80 Å². The summed E-state index contributed by atoms with van der Waals surface area (Å²) in [5.74, 6) is 0.397. The molecule has 4 rings (SSSR count). The normalized spacial score (nSPS) is 21.6. The highest BCUT2D eigenvalue weighted by atomic mass is 16.2. The number of hydrogen-bond donors (Lipinski definition) is 0. The third kappa shape index (κ3) is 4.07. The topological polar surface area (TPSA) is 40.6 Å². The fourth-order valence-corrected chi connectivity index (χ4v) is 4.80. The predicted molar refractivity (Wildman–Crippen MR) is 115 cm³/mol. The highest BCUT2D eigenvalue weighted by Crippen LogP contribution is 2.38. The highest BCUT2D eigenvalue weighted by Gasteiger charge is 2.47. The maximum atomic E-state index is 13.5. The fourth-order valence-electron chi connectivity index (χ4n) is 4.80. The van der Waals surface area contributed by atoms with Crippen molar-refractivity contribution in [2.75, 3.05) is 26.2 Å². The van der Waals surface area contributed by atoms with E-state index in [2.05, 4.69) is 36.4 Å². The van der Waals surface area contributed by atoms with E-state index in [1.807, 2.05) is 34.9 Å². The second kappa shape index (κ2) is 8.40. The molecule has 0 radical (unpaired) electrons. The van der Waals surface area contributed by atoms with Gasteiger partial charge >= 0.3 is 0 Å². The quantitative estimate of drug-likeness (QED) is 0.770. The van der Waals surface area contributed by atoms with E-state index in [4.69, 9.17) is 0 Å². The lowest BCUT2D eigenvalue weighted by Crippen LogP contribution is -2.46. The molecule has 0 spiro atoms. The first-order chi connectivity index (χ1) is 14.1. The van der Waals surface area contributed by atoms with E-state index in [1.54, 1.807) is 0 Å². The number of carbonyl (C=O) groups excluding carboxylic acids is 2. The maximum absolute atomic E-state index is 13.5. The summed E-state index contributed by atoms with van der Waals surface area (Å²) in [6.45, 7) is 4.85. The Labute approximate surface area is 173 Å². The molecule has 4 nitrogen and oxygen atoms in total. The molecule has 2 heterocycles. The van der Waals surface area contributed by atoms with Gasteiger partial charge in [-0.2, -0.15) is 0 Å². The number of amides is 2. The molecule has 2 aromatic rings. The van der Waals surface area contributed by atoms with Crippen LogP contribution in [-0.4, -0.2) is 47.8 Å². The SMILES string of the molecule is CCC(=O)N1CC[C@](Cc2ccc(-c3ccccc3)cc2)(C(=O)N2CCCC2)C1. The van der Waals surface area contributed by atoms with Crippen LogP contribution < -0.4 is 0 Å². The summed E-state index contributed by atoms with van der Waals surface area (Å²) in [4.78, 5) is 29.7. The molecular formula is C25H30N2O2. The summed E-state index contributed by atoms with van der Waals surface area (Å²) in [5.41, 5.74) is 3.07. The van der Waals surface area contributed by atoms with Gasteiger partial charge in [-0.15, -0.1) is 0 Å². The minimum atomic E-state index is -0.483. The molecular weight excluding hydrogens is 360 g/mol. The molecule has 1 atom stereocenters. The van der Waals surface area contributed by atoms with Crippen LogP contribution in [0.5, 0.6) is 0 Å². The Morgan fingerprint density at radius 3 is 2.17 bits per heavy atom. The molecule has 0 N–H and O–H groups in total. The van der Waals surface area contributed by atoms with E-state index in [0.717, 1.165) is 32.4 Å². The third-order valence-electron chi connectivity index (χ3n) is 6.46. The average Bonchev–Trinajstić information content (AvgIpc) is 3.45. The second-order valence-corrected chi connectivity index (χ2v) is 8.44. The van der Waals surface area contributed by atoms with Crippen LogP contribution in [0.25, 0.3) is 11.1 Å². The van der Waals surface area contributed by atoms with Crippen molar-refractivity contribution in [2.45, 2.75) is 39.0 Å². The third-order valence-corrected chi connectivity index (χ3v) is 6.46. The summed E-state index contributed by atoms with van der Waals surface area (Å²) < 4.78 is 0. The fraction of sp³-hybridized carbons (Fsp3) is 0.440. The van der Waals surface area contributed by atoms with E-state index in [0.29, 0.717) is 25.9 Å². The molecule has 2 aliphatic heterocycles. The molecule has 2 saturated heterocycles. The zero-order chi connectivity index (χ0) is 20.3. The lowest BCUT2D eigenvalue weighted by atomic mass is 9.79. The van der Waals surface area contributed by atoms with Gasteiger partial charge in [-0.3, -0.25) is 9.59 Å². The Balaban J connectivity index is 1.57. The largest absolute Gasteiger partial charge is 0.342 e. The van der Waals surface area contributed by atoms with Crippen molar-refractivity contribution in [2.24, 2.45) is 5.41 Å². The minimum absolute atomic E-state index is 0.153. The summed E-state index contributed by atoms with van der Waals surface area (Å²) in [6, 6.07) is 18.9. The van der Waals surface area contributed by atoms with Gasteiger partial charge < -0.3 is 9.80 Å². The van der Waals surface area contributed by atoms with E-state index in [-0.39, 0.29) is 11.8 Å². The molecule has 0 bridgehead atoms. The van der Waals surface area contributed by atoms with Gasteiger partial charge in [-0.25, -0.2) is 0 Å². The molecule has 2 amide bonds. The molecule has 2 fully saturated rings. The number of nitrogens with zero attached hydrogens (tertiary/aromatic N) is 2. The van der Waals surface area contributed by atoms with Gasteiger partial charge in [-0.05, 0) is 42.4 Å². The van der Waals surface area contributed by atoms with Crippen molar-refractivity contribution in [3.63, 3.8) is 0 Å². The van der Waals surface area contributed by atoms with Crippen molar-refractivity contribution in [1.29, 1.82) is 0 Å². The first-order valence-electron chi connectivity index (χ1n) is 10.8. The van der Waals surface area contributed by atoms with Crippen molar-refractivity contribution in [3.8, 4) is 11.1 Å². The molecule has 0 aliphatic carbocycles. The van der Waals surface area contributed by atoms with Crippen LogP contribution in [0, 0.1) is 5.41 Å². The average molecular weight is 391 g/mol. The van der Waals surface area contributed by atoms with Crippen LogP contribution in [0.2, 0.25) is 0 Å². The summed E-state index contributed by atoms with van der Waals surface area (Å²) >= 11 is 0. The first-order valence-corrected chi connectivity index (χ1v) is 10.8. The van der Waals surface area contributed by atoms with Crippen molar-refractivity contribution in [3.05, 3.63) is 60.2 Å². The van der Waals surface area contributed by atoms with Crippen LogP contribution in [0.4, 0.5) is 0 Å². The van der Waals surface area contributed by atoms with Crippen LogP contribution in [-0.2, 0) is 16.0 Å². The summed E-state index contributed by atoms with van der Waals surface area (Å²) in [5, 5.41) is 0. The van der Waals surface area contributed by atoms with Crippen LogP contribution in [0.15, 0.2) is 54.6 Å². The summed E-state index contributed by atoms with van der Waals surface area (Å²) in [6.07, 6.45) is 4.13. The highest BCUT2D eigenvalue weighted by molar-refractivity contribution is 5.86. The molecule has 29 heavy (non-hydrogen) atoms.